The lowest BCUT2D eigenvalue weighted by molar-refractivity contribution is 0.487. The van der Waals surface area contributed by atoms with Crippen LogP contribution in [0.25, 0.3) is 0 Å². The van der Waals surface area contributed by atoms with E-state index in [9.17, 15) is 0 Å². The Balaban J connectivity index is 2.75. The van der Waals surface area contributed by atoms with E-state index in [1.807, 2.05) is 13.8 Å². The van der Waals surface area contributed by atoms with E-state index in [-0.39, 0.29) is 10.4 Å². The first-order valence-corrected chi connectivity index (χ1v) is 5.98. The smallest absolute Gasteiger partial charge is 0.242 e. The standard InChI is InChI=1S/C5H12N4O2S2/c1-3(2)7-4-8-9-5(12-4)13(6,10)11/h3,10-11H,6H2,1-2H3,(H,7,8). The molecule has 6 nitrogen and oxygen atoms in total. The Hall–Kier alpha value is -0.410. The van der Waals surface area contributed by atoms with Gasteiger partial charge in [-0.15, -0.1) is 10.2 Å². The Morgan fingerprint density at radius 1 is 1.46 bits per heavy atom. The molecular formula is C5H12N4O2S2. The van der Waals surface area contributed by atoms with Crippen LogP contribution in [0, 0.1) is 0 Å². The Kier molecular flexibility index (Phi) is 3.09. The first-order chi connectivity index (χ1) is 5.89. The minimum absolute atomic E-state index is 0.0515. The molecule has 0 aliphatic carbocycles. The van der Waals surface area contributed by atoms with Crippen molar-refractivity contribution in [3.8, 4) is 0 Å². The molecule has 0 spiro atoms. The Morgan fingerprint density at radius 3 is 2.46 bits per heavy atom. The van der Waals surface area contributed by atoms with Gasteiger partial charge in [-0.25, -0.2) is 5.14 Å². The van der Waals surface area contributed by atoms with Crippen molar-refractivity contribution in [2.45, 2.75) is 24.2 Å². The molecule has 76 valence electrons. The number of hydrogen-bond donors (Lipinski definition) is 4. The highest BCUT2D eigenvalue weighted by atomic mass is 32.3. The third-order valence-corrected chi connectivity index (χ3v) is 3.31. The maximum Gasteiger partial charge on any atom is 0.242 e. The van der Waals surface area contributed by atoms with E-state index >= 15 is 0 Å². The second-order valence-electron chi connectivity index (χ2n) is 2.77. The van der Waals surface area contributed by atoms with Crippen molar-refractivity contribution in [3.63, 3.8) is 0 Å². The molecule has 1 rings (SSSR count). The molecular weight excluding hydrogens is 212 g/mol. The Morgan fingerprint density at radius 2 is 2.08 bits per heavy atom. The van der Waals surface area contributed by atoms with E-state index in [1.165, 1.54) is 0 Å². The molecule has 0 aliphatic heterocycles. The van der Waals surface area contributed by atoms with Gasteiger partial charge in [-0.1, -0.05) is 22.1 Å². The zero-order valence-electron chi connectivity index (χ0n) is 7.26. The summed E-state index contributed by atoms with van der Waals surface area (Å²) in [6, 6.07) is 0.223. The SMILES string of the molecule is CC(C)Nc1nnc(S(N)(O)O)s1. The van der Waals surface area contributed by atoms with Gasteiger partial charge in [0.15, 0.2) is 0 Å². The van der Waals surface area contributed by atoms with Gasteiger partial charge in [-0.05, 0) is 13.8 Å². The van der Waals surface area contributed by atoms with Gasteiger partial charge >= 0.3 is 0 Å². The van der Waals surface area contributed by atoms with Crippen molar-refractivity contribution < 1.29 is 9.11 Å². The predicted molar refractivity (Wildman–Crippen MR) is 54.0 cm³/mol. The fraction of sp³-hybridized carbons (Fsp3) is 0.600. The third-order valence-electron chi connectivity index (χ3n) is 1.08. The first kappa shape index (κ1) is 10.7. The number of aromatic nitrogens is 2. The van der Waals surface area contributed by atoms with Gasteiger partial charge in [0.25, 0.3) is 0 Å². The molecule has 0 saturated heterocycles. The van der Waals surface area contributed by atoms with E-state index in [0.717, 1.165) is 11.3 Å². The predicted octanol–water partition coefficient (Wildman–Crippen LogP) is 1.34. The topological polar surface area (TPSA) is 104 Å². The molecule has 5 N–H and O–H groups in total. The van der Waals surface area contributed by atoms with Crippen LogP contribution < -0.4 is 10.5 Å². The highest BCUT2D eigenvalue weighted by Gasteiger charge is 2.16. The maximum absolute atomic E-state index is 9.03. The number of anilines is 1. The van der Waals surface area contributed by atoms with Crippen molar-refractivity contribution in [2.75, 3.05) is 5.32 Å². The summed E-state index contributed by atoms with van der Waals surface area (Å²) < 4.78 is 18.1. The van der Waals surface area contributed by atoms with Crippen LogP contribution in [0.1, 0.15) is 13.8 Å². The summed E-state index contributed by atoms with van der Waals surface area (Å²) in [5, 5.41) is 15.9. The average Bonchev–Trinajstić information content (AvgIpc) is 2.32. The second kappa shape index (κ2) is 3.76. The summed E-state index contributed by atoms with van der Waals surface area (Å²) in [5.74, 6) is 0. The lowest BCUT2D eigenvalue weighted by Gasteiger charge is -2.20. The van der Waals surface area contributed by atoms with E-state index in [2.05, 4.69) is 15.5 Å². The van der Waals surface area contributed by atoms with Gasteiger partial charge in [0.05, 0.1) is 0 Å². The average molecular weight is 224 g/mol. The minimum Gasteiger partial charge on any atom is -0.358 e. The molecule has 0 atom stereocenters. The molecule has 1 heterocycles. The molecule has 1 aromatic rings. The zero-order chi connectivity index (χ0) is 10.1. The van der Waals surface area contributed by atoms with E-state index < -0.39 is 10.8 Å². The zero-order valence-corrected chi connectivity index (χ0v) is 8.89. The summed E-state index contributed by atoms with van der Waals surface area (Å²) in [5.41, 5.74) is 0. The van der Waals surface area contributed by atoms with E-state index in [0.29, 0.717) is 5.13 Å². The van der Waals surface area contributed by atoms with Gasteiger partial charge in [0, 0.05) is 6.04 Å². The molecule has 8 heteroatoms. The molecule has 0 aliphatic rings. The van der Waals surface area contributed by atoms with Crippen LogP contribution in [0.3, 0.4) is 0 Å². The second-order valence-corrected chi connectivity index (χ2v) is 5.57. The van der Waals surface area contributed by atoms with Crippen LogP contribution >= 0.6 is 22.1 Å². The molecule has 1 aromatic heterocycles. The number of nitrogens with one attached hydrogen (secondary N) is 1. The molecule has 0 fully saturated rings. The first-order valence-electron chi connectivity index (χ1n) is 3.55. The lowest BCUT2D eigenvalue weighted by Crippen LogP contribution is -2.09. The molecule has 13 heavy (non-hydrogen) atoms. The Bertz CT molecular complexity index is 282. The summed E-state index contributed by atoms with van der Waals surface area (Å²) in [4.78, 5) is 0. The third kappa shape index (κ3) is 3.08. The van der Waals surface area contributed by atoms with Crippen molar-refractivity contribution in [1.82, 2.24) is 10.2 Å². The normalized spacial score (nSPS) is 13.4. The Labute approximate surface area is 81.7 Å². The highest BCUT2D eigenvalue weighted by Crippen LogP contribution is 2.42. The lowest BCUT2D eigenvalue weighted by atomic mass is 10.4. The van der Waals surface area contributed by atoms with Crippen LogP contribution in [-0.2, 0) is 0 Å². The van der Waals surface area contributed by atoms with Gasteiger partial charge < -0.3 is 5.32 Å². The summed E-state index contributed by atoms with van der Waals surface area (Å²) in [6.07, 6.45) is 0. The molecule has 0 unspecified atom stereocenters. The van der Waals surface area contributed by atoms with Crippen molar-refractivity contribution in [2.24, 2.45) is 5.14 Å². The summed E-state index contributed by atoms with van der Waals surface area (Å²) in [7, 11) is -3.21. The summed E-state index contributed by atoms with van der Waals surface area (Å²) >= 11 is 1.05. The molecule has 0 aromatic carbocycles. The van der Waals surface area contributed by atoms with Crippen molar-refractivity contribution in [3.05, 3.63) is 0 Å². The number of nitrogens with two attached hydrogens (primary N) is 1. The van der Waals surface area contributed by atoms with E-state index in [4.69, 9.17) is 14.2 Å². The molecule has 0 bridgehead atoms. The van der Waals surface area contributed by atoms with Crippen LogP contribution in [0.4, 0.5) is 5.13 Å². The molecule has 0 saturated carbocycles. The van der Waals surface area contributed by atoms with Crippen molar-refractivity contribution in [1.29, 1.82) is 0 Å². The fourth-order valence-corrected chi connectivity index (χ4v) is 2.15. The van der Waals surface area contributed by atoms with Crippen LogP contribution in [0.2, 0.25) is 0 Å². The van der Waals surface area contributed by atoms with Crippen LogP contribution in [-0.4, -0.2) is 25.3 Å². The van der Waals surface area contributed by atoms with Gasteiger partial charge in [-0.3, -0.25) is 9.11 Å². The van der Waals surface area contributed by atoms with Crippen molar-refractivity contribution >= 4 is 27.2 Å². The quantitative estimate of drug-likeness (QED) is 0.617. The highest BCUT2D eigenvalue weighted by molar-refractivity contribution is 8.23. The van der Waals surface area contributed by atoms with E-state index in [1.54, 1.807) is 0 Å². The minimum atomic E-state index is -3.21. The molecule has 0 radical (unpaired) electrons. The van der Waals surface area contributed by atoms with Crippen LogP contribution in [0.5, 0.6) is 0 Å². The largest absolute Gasteiger partial charge is 0.358 e. The van der Waals surface area contributed by atoms with Crippen LogP contribution in [0.15, 0.2) is 4.34 Å². The number of nitrogens with zero attached hydrogens (tertiary/aromatic N) is 2. The fourth-order valence-electron chi connectivity index (χ4n) is 0.636. The number of rotatable bonds is 3. The number of hydrogen-bond acceptors (Lipinski definition) is 7. The van der Waals surface area contributed by atoms with Gasteiger partial charge in [-0.2, -0.15) is 0 Å². The maximum atomic E-state index is 9.03. The van der Waals surface area contributed by atoms with Gasteiger partial charge in [0.2, 0.25) is 9.47 Å². The van der Waals surface area contributed by atoms with Gasteiger partial charge in [0.1, 0.15) is 0 Å². The monoisotopic (exact) mass is 224 g/mol. The summed E-state index contributed by atoms with van der Waals surface area (Å²) in [6.45, 7) is 3.89. The molecule has 0 amide bonds.